The molecule has 0 aromatic carbocycles. The van der Waals surface area contributed by atoms with Gasteiger partial charge in [0.15, 0.2) is 0 Å². The zero-order chi connectivity index (χ0) is 31.3. The molecule has 6 saturated carbocycles. The zero-order valence-corrected chi connectivity index (χ0v) is 29.1. The lowest BCUT2D eigenvalue weighted by Crippen LogP contribution is -2.56. The fourth-order valence-corrected chi connectivity index (χ4v) is 12.5. The Kier molecular flexibility index (Phi) is 9.96. The van der Waals surface area contributed by atoms with Crippen LogP contribution in [0.25, 0.3) is 0 Å². The molecule has 0 bridgehead atoms. The molecule has 12 atom stereocenters. The molecule has 9 aliphatic rings. The monoisotopic (exact) mass is 655 g/mol. The summed E-state index contributed by atoms with van der Waals surface area (Å²) in [7, 11) is 0. The van der Waals surface area contributed by atoms with Crippen LogP contribution in [0.5, 0.6) is 0 Å². The van der Waals surface area contributed by atoms with Gasteiger partial charge in [0.25, 0.3) is 0 Å². The van der Waals surface area contributed by atoms with Crippen LogP contribution in [0.4, 0.5) is 0 Å². The van der Waals surface area contributed by atoms with E-state index < -0.39 is 0 Å². The van der Waals surface area contributed by atoms with Gasteiger partial charge in [-0.2, -0.15) is 0 Å². The summed E-state index contributed by atoms with van der Waals surface area (Å²) in [4.78, 5) is 3.01. The summed E-state index contributed by atoms with van der Waals surface area (Å²) in [6.07, 6.45) is 30.5. The van der Waals surface area contributed by atoms with Crippen LogP contribution in [-0.4, -0.2) is 89.4 Å². The van der Waals surface area contributed by atoms with Crippen molar-refractivity contribution in [3.8, 4) is 0 Å². The molecule has 3 heterocycles. The Balaban J connectivity index is 0.850. The van der Waals surface area contributed by atoms with E-state index in [-0.39, 0.29) is 30.7 Å². The summed E-state index contributed by atoms with van der Waals surface area (Å²) in [6, 6.07) is 3.46. The highest BCUT2D eigenvalue weighted by atomic mass is 16.5. The van der Waals surface area contributed by atoms with Gasteiger partial charge >= 0.3 is 0 Å². The fraction of sp³-hybridized carbons (Fsp3) is 1.00. The number of hydrogen-bond acceptors (Lipinski definition) is 8. The molecule has 0 spiro atoms. The Hall–Kier alpha value is -0.320. The highest BCUT2D eigenvalue weighted by Crippen LogP contribution is 2.44. The third-order valence-electron chi connectivity index (χ3n) is 15.0. The van der Waals surface area contributed by atoms with E-state index in [1.54, 1.807) is 0 Å². The Morgan fingerprint density at radius 2 is 0.830 bits per heavy atom. The van der Waals surface area contributed by atoms with Crippen LogP contribution >= 0.6 is 0 Å². The van der Waals surface area contributed by atoms with E-state index in [0.29, 0.717) is 66.4 Å². The molecule has 47 heavy (non-hydrogen) atoms. The Morgan fingerprint density at radius 3 is 1.28 bits per heavy atom. The minimum atomic E-state index is -0.277. The van der Waals surface area contributed by atoms with Gasteiger partial charge in [0, 0.05) is 42.2 Å². The first-order valence-electron chi connectivity index (χ1n) is 20.9. The zero-order valence-electron chi connectivity index (χ0n) is 29.1. The number of hydrogen-bond donors (Lipinski definition) is 4. The van der Waals surface area contributed by atoms with Gasteiger partial charge in [0.1, 0.15) is 18.7 Å². The predicted octanol–water partition coefficient (Wildman–Crippen LogP) is 5.71. The normalized spacial score (nSPS) is 52.2. The summed E-state index contributed by atoms with van der Waals surface area (Å²) in [5.41, 5.74) is 0. The van der Waals surface area contributed by atoms with E-state index >= 15 is 0 Å². The highest BCUT2D eigenvalue weighted by molar-refractivity contribution is 5.00. The van der Waals surface area contributed by atoms with E-state index in [2.05, 4.69) is 20.9 Å². The minimum Gasteiger partial charge on any atom is -0.393 e. The fourth-order valence-electron chi connectivity index (χ4n) is 12.5. The van der Waals surface area contributed by atoms with Gasteiger partial charge in [-0.1, -0.05) is 38.5 Å². The van der Waals surface area contributed by atoms with E-state index in [4.69, 9.17) is 14.2 Å². The van der Waals surface area contributed by atoms with E-state index in [9.17, 15) is 5.11 Å². The second-order valence-corrected chi connectivity index (χ2v) is 17.7. The van der Waals surface area contributed by atoms with Gasteiger partial charge < -0.3 is 19.3 Å². The topological polar surface area (TPSA) is 87.3 Å². The van der Waals surface area contributed by atoms with Gasteiger partial charge in [-0.05, 0) is 121 Å². The number of rotatable bonds is 6. The highest BCUT2D eigenvalue weighted by Gasteiger charge is 2.48. The molecule has 9 rings (SSSR count). The summed E-state index contributed by atoms with van der Waals surface area (Å²) < 4.78 is 19.9. The summed E-state index contributed by atoms with van der Waals surface area (Å²) in [6.45, 7) is 0. The average molecular weight is 655 g/mol. The number of fused-ring (bicyclic) bond motifs is 3. The largest absolute Gasteiger partial charge is 0.393 e. The van der Waals surface area contributed by atoms with Gasteiger partial charge in [-0.15, -0.1) is 0 Å². The number of aliphatic hydroxyl groups is 1. The quantitative estimate of drug-likeness (QED) is 0.290. The van der Waals surface area contributed by atoms with Crippen molar-refractivity contribution in [2.45, 2.75) is 227 Å². The van der Waals surface area contributed by atoms with Crippen molar-refractivity contribution in [1.82, 2.24) is 20.9 Å². The van der Waals surface area contributed by atoms with Gasteiger partial charge in [-0.25, -0.2) is 0 Å². The van der Waals surface area contributed by atoms with Crippen molar-refractivity contribution in [3.05, 3.63) is 0 Å². The SMILES string of the molecule is OC1CC(N(C2CCC(C3NC4CCCCC4O3)CC2)C2CCC(C3NC4CCCCC4O3)CC2)CCC1C1NC2CCCCC2O1. The van der Waals surface area contributed by atoms with Crippen LogP contribution in [0.3, 0.4) is 0 Å². The maximum absolute atomic E-state index is 11.8. The van der Waals surface area contributed by atoms with Crippen LogP contribution in [0.15, 0.2) is 0 Å². The summed E-state index contributed by atoms with van der Waals surface area (Å²) in [5.74, 6) is 1.53. The first-order valence-corrected chi connectivity index (χ1v) is 20.9. The second-order valence-electron chi connectivity index (χ2n) is 17.7. The van der Waals surface area contributed by atoms with Crippen LogP contribution in [0.2, 0.25) is 0 Å². The molecule has 9 fully saturated rings. The molecule has 3 aliphatic heterocycles. The van der Waals surface area contributed by atoms with Crippen molar-refractivity contribution >= 4 is 0 Å². The molecular weight excluding hydrogens is 588 g/mol. The van der Waals surface area contributed by atoms with Crippen molar-refractivity contribution in [2.24, 2.45) is 17.8 Å². The molecule has 8 nitrogen and oxygen atoms in total. The van der Waals surface area contributed by atoms with E-state index in [1.807, 2.05) is 0 Å². The van der Waals surface area contributed by atoms with Crippen LogP contribution < -0.4 is 16.0 Å². The van der Waals surface area contributed by atoms with Crippen molar-refractivity contribution < 1.29 is 19.3 Å². The molecule has 0 amide bonds. The first kappa shape index (κ1) is 32.6. The lowest BCUT2D eigenvalue weighted by Gasteiger charge is -2.51. The minimum absolute atomic E-state index is 0.0450. The van der Waals surface area contributed by atoms with Crippen molar-refractivity contribution in [2.75, 3.05) is 0 Å². The molecule has 266 valence electrons. The Bertz CT molecular complexity index is 940. The van der Waals surface area contributed by atoms with Crippen molar-refractivity contribution in [3.63, 3.8) is 0 Å². The Labute approximate surface area is 284 Å². The molecule has 3 saturated heterocycles. The van der Waals surface area contributed by atoms with Crippen LogP contribution in [0, 0.1) is 17.8 Å². The molecule has 12 unspecified atom stereocenters. The van der Waals surface area contributed by atoms with Gasteiger partial charge in [0.05, 0.1) is 24.4 Å². The number of aliphatic hydroxyl groups excluding tert-OH is 1. The molecular formula is C39H66N4O4. The molecule has 6 aliphatic carbocycles. The third kappa shape index (κ3) is 6.74. The first-order chi connectivity index (χ1) is 23.2. The number of nitrogens with one attached hydrogen (secondary N) is 3. The lowest BCUT2D eigenvalue weighted by molar-refractivity contribution is -0.0904. The summed E-state index contributed by atoms with van der Waals surface area (Å²) in [5, 5.41) is 23.5. The predicted molar refractivity (Wildman–Crippen MR) is 183 cm³/mol. The molecule has 4 N–H and O–H groups in total. The van der Waals surface area contributed by atoms with E-state index in [0.717, 1.165) is 12.8 Å². The number of ether oxygens (including phenoxy) is 3. The Morgan fingerprint density at radius 1 is 0.426 bits per heavy atom. The molecule has 0 aromatic heterocycles. The maximum Gasteiger partial charge on any atom is 0.114 e. The van der Waals surface area contributed by atoms with E-state index in [1.165, 1.54) is 135 Å². The second kappa shape index (κ2) is 14.4. The maximum atomic E-state index is 11.8. The molecule has 8 heteroatoms. The standard InChI is InChI=1S/C39H66N4O4/c44-33-23-28(21-22-29(33)39-42-32-9-3-6-12-36(32)47-39)43(26-17-13-24(14-18-26)37-40-30-7-1-4-10-34(30)45-37)27-19-15-25(16-20-27)38-41-31-8-2-5-11-35(31)46-38/h24-42,44H,1-23H2. The molecule has 0 radical (unpaired) electrons. The van der Waals surface area contributed by atoms with Crippen molar-refractivity contribution in [1.29, 1.82) is 0 Å². The van der Waals surface area contributed by atoms with Gasteiger partial charge in [-0.3, -0.25) is 20.9 Å². The van der Waals surface area contributed by atoms with Gasteiger partial charge in [0.2, 0.25) is 0 Å². The summed E-state index contributed by atoms with van der Waals surface area (Å²) >= 11 is 0. The lowest BCUT2D eigenvalue weighted by atomic mass is 9.76. The average Bonchev–Trinajstić information content (AvgIpc) is 3.86. The smallest absolute Gasteiger partial charge is 0.114 e. The van der Waals surface area contributed by atoms with Crippen LogP contribution in [-0.2, 0) is 14.2 Å². The van der Waals surface area contributed by atoms with Crippen LogP contribution in [0.1, 0.15) is 148 Å². The third-order valence-corrected chi connectivity index (χ3v) is 15.0. The number of nitrogens with zero attached hydrogens (tertiary/aromatic N) is 1. The molecule has 0 aromatic rings.